The highest BCUT2D eigenvalue weighted by Gasteiger charge is 2.55. The number of likely N-dealkylation sites (N-methyl/N-ethyl adjacent to an activating group) is 1. The van der Waals surface area contributed by atoms with Crippen molar-refractivity contribution < 1.29 is 18.7 Å². The number of carbonyl (C=O) groups is 1. The maximum atomic E-state index is 13.7. The van der Waals surface area contributed by atoms with Gasteiger partial charge in [-0.1, -0.05) is 23.7 Å². The molecule has 0 aliphatic carbocycles. The normalized spacial score (nSPS) is 28.5. The third kappa shape index (κ3) is 3.67. The molecule has 174 valence electrons. The summed E-state index contributed by atoms with van der Waals surface area (Å²) in [4.78, 5) is 19.6. The second-order valence-corrected chi connectivity index (χ2v) is 10.2. The lowest BCUT2D eigenvalue weighted by Crippen LogP contribution is -2.49. The summed E-state index contributed by atoms with van der Waals surface area (Å²) in [6.07, 6.45) is 1.89. The van der Waals surface area contributed by atoms with E-state index in [1.165, 1.54) is 11.0 Å². The fraction of sp³-hybridized carbons (Fsp3) is 0.440. The molecule has 0 saturated carbocycles. The van der Waals surface area contributed by atoms with Gasteiger partial charge in [-0.15, -0.1) is 0 Å². The SMILES string of the molecule is CN1C(=O)[C@@]2(C[C@H](C3CCOC(C)(C)C3)Oc3ccc(-c4ccc(F)c(Cl)c4)cc32)N=C1N. The van der Waals surface area contributed by atoms with Gasteiger partial charge in [0.1, 0.15) is 17.7 Å². The summed E-state index contributed by atoms with van der Waals surface area (Å²) in [6.45, 7) is 4.81. The minimum Gasteiger partial charge on any atom is -0.490 e. The van der Waals surface area contributed by atoms with E-state index in [1.54, 1.807) is 19.2 Å². The lowest BCUT2D eigenvalue weighted by molar-refractivity contribution is -0.134. The van der Waals surface area contributed by atoms with E-state index in [4.69, 9.17) is 31.8 Å². The third-order valence-corrected chi connectivity index (χ3v) is 7.31. The average Bonchev–Trinajstić information content (AvgIpc) is 2.98. The first-order valence-corrected chi connectivity index (χ1v) is 11.5. The summed E-state index contributed by atoms with van der Waals surface area (Å²) < 4.78 is 26.1. The molecule has 1 unspecified atom stereocenters. The van der Waals surface area contributed by atoms with Crippen LogP contribution in [-0.2, 0) is 15.1 Å². The van der Waals surface area contributed by atoms with E-state index in [2.05, 4.69) is 13.8 Å². The first-order valence-electron chi connectivity index (χ1n) is 11.1. The summed E-state index contributed by atoms with van der Waals surface area (Å²) in [7, 11) is 1.64. The first kappa shape index (κ1) is 22.2. The van der Waals surface area contributed by atoms with Gasteiger partial charge in [0.25, 0.3) is 5.91 Å². The van der Waals surface area contributed by atoms with Gasteiger partial charge >= 0.3 is 0 Å². The highest BCUT2D eigenvalue weighted by atomic mass is 35.5. The van der Waals surface area contributed by atoms with Gasteiger partial charge in [-0.3, -0.25) is 9.69 Å². The number of fused-ring (bicyclic) bond motifs is 2. The number of hydrogen-bond acceptors (Lipinski definition) is 5. The number of ether oxygens (including phenoxy) is 2. The summed E-state index contributed by atoms with van der Waals surface area (Å²) >= 11 is 6.01. The average molecular weight is 472 g/mol. The highest BCUT2D eigenvalue weighted by Crippen LogP contribution is 2.49. The molecule has 3 atom stereocenters. The molecule has 8 heteroatoms. The third-order valence-electron chi connectivity index (χ3n) is 7.02. The molecule has 3 aliphatic rings. The van der Waals surface area contributed by atoms with E-state index in [0.29, 0.717) is 24.3 Å². The van der Waals surface area contributed by atoms with Crippen molar-refractivity contribution in [2.24, 2.45) is 16.6 Å². The van der Waals surface area contributed by atoms with Crippen molar-refractivity contribution in [2.75, 3.05) is 13.7 Å². The van der Waals surface area contributed by atoms with Crippen molar-refractivity contribution in [2.45, 2.75) is 50.4 Å². The van der Waals surface area contributed by atoms with Crippen molar-refractivity contribution >= 4 is 23.5 Å². The van der Waals surface area contributed by atoms with Gasteiger partial charge in [0.05, 0.1) is 10.6 Å². The first-order chi connectivity index (χ1) is 15.6. The number of hydrogen-bond donors (Lipinski definition) is 1. The lowest BCUT2D eigenvalue weighted by Gasteiger charge is -2.44. The molecule has 2 aromatic rings. The predicted octanol–water partition coefficient (Wildman–Crippen LogP) is 4.48. The molecule has 1 fully saturated rings. The number of benzene rings is 2. The molecule has 1 saturated heterocycles. The van der Waals surface area contributed by atoms with E-state index in [9.17, 15) is 9.18 Å². The molecule has 2 N–H and O–H groups in total. The minimum atomic E-state index is -1.15. The highest BCUT2D eigenvalue weighted by molar-refractivity contribution is 6.31. The van der Waals surface area contributed by atoms with Crippen molar-refractivity contribution in [1.29, 1.82) is 0 Å². The van der Waals surface area contributed by atoms with E-state index >= 15 is 0 Å². The molecule has 1 amide bonds. The number of rotatable bonds is 2. The molecular weight excluding hydrogens is 445 g/mol. The van der Waals surface area contributed by atoms with Crippen LogP contribution in [0, 0.1) is 11.7 Å². The number of halogens is 2. The molecular formula is C25H27ClFN3O3. The number of nitrogens with two attached hydrogens (primary N) is 1. The number of carbonyl (C=O) groups excluding carboxylic acids is 1. The van der Waals surface area contributed by atoms with Gasteiger partial charge in [0, 0.05) is 31.6 Å². The Labute approximate surface area is 197 Å². The maximum absolute atomic E-state index is 13.7. The Kier molecular flexibility index (Phi) is 5.18. The number of aliphatic imine (C=N–C) groups is 1. The van der Waals surface area contributed by atoms with Crippen molar-refractivity contribution in [3.63, 3.8) is 0 Å². The van der Waals surface area contributed by atoms with Gasteiger partial charge in [-0.25, -0.2) is 9.38 Å². The molecule has 33 heavy (non-hydrogen) atoms. The second kappa shape index (κ2) is 7.71. The standard InChI is InChI=1S/C25H27ClFN3O3/c1-24(2)12-16(8-9-32-24)21-13-25(22(31)30(3)23(28)29-25)17-10-14(5-7-20(17)33-21)15-4-6-19(27)18(26)11-15/h4-7,10-11,16,21H,8-9,12-13H2,1-3H3,(H2,28,29)/t16?,21-,25+/m1/s1. The van der Waals surface area contributed by atoms with Gasteiger partial charge in [-0.05, 0) is 62.1 Å². The van der Waals surface area contributed by atoms with Gasteiger partial charge in [-0.2, -0.15) is 0 Å². The monoisotopic (exact) mass is 471 g/mol. The van der Waals surface area contributed by atoms with Crippen LogP contribution in [0.1, 0.15) is 38.7 Å². The zero-order valence-corrected chi connectivity index (χ0v) is 19.7. The summed E-state index contributed by atoms with van der Waals surface area (Å²) in [5, 5.41) is 0.0392. The Hall–Kier alpha value is -2.64. The molecule has 3 heterocycles. The van der Waals surface area contributed by atoms with Crippen molar-refractivity contribution in [3.05, 3.63) is 52.8 Å². The molecule has 6 nitrogen and oxygen atoms in total. The van der Waals surface area contributed by atoms with Crippen LogP contribution in [0.2, 0.25) is 5.02 Å². The van der Waals surface area contributed by atoms with Crippen LogP contribution >= 0.6 is 11.6 Å². The molecule has 0 aromatic heterocycles. The molecule has 1 spiro atoms. The molecule has 3 aliphatic heterocycles. The zero-order valence-electron chi connectivity index (χ0n) is 18.9. The number of nitrogens with zero attached hydrogens (tertiary/aromatic N) is 2. The summed E-state index contributed by atoms with van der Waals surface area (Å²) in [5.41, 5.74) is 6.92. The Balaban J connectivity index is 1.60. The fourth-order valence-electron chi connectivity index (χ4n) is 5.28. The lowest BCUT2D eigenvalue weighted by atomic mass is 9.74. The largest absolute Gasteiger partial charge is 0.490 e. The van der Waals surface area contributed by atoms with E-state index < -0.39 is 11.4 Å². The topological polar surface area (TPSA) is 77.2 Å². The zero-order chi connectivity index (χ0) is 23.5. The summed E-state index contributed by atoms with van der Waals surface area (Å²) in [5.74, 6) is 0.381. The fourth-order valence-corrected chi connectivity index (χ4v) is 5.47. The van der Waals surface area contributed by atoms with E-state index in [-0.39, 0.29) is 34.5 Å². The Morgan fingerprint density at radius 3 is 2.58 bits per heavy atom. The van der Waals surface area contributed by atoms with Crippen LogP contribution in [0.15, 0.2) is 41.4 Å². The van der Waals surface area contributed by atoms with Crippen LogP contribution in [0.4, 0.5) is 4.39 Å². The Morgan fingerprint density at radius 1 is 1.18 bits per heavy atom. The van der Waals surface area contributed by atoms with Crippen LogP contribution < -0.4 is 10.5 Å². The van der Waals surface area contributed by atoms with E-state index in [0.717, 1.165) is 24.0 Å². The number of guanidine groups is 1. The Morgan fingerprint density at radius 2 is 1.91 bits per heavy atom. The predicted molar refractivity (Wildman–Crippen MR) is 125 cm³/mol. The molecule has 2 aromatic carbocycles. The van der Waals surface area contributed by atoms with E-state index in [1.807, 2.05) is 18.2 Å². The number of amides is 1. The van der Waals surface area contributed by atoms with Gasteiger partial charge < -0.3 is 15.2 Å². The van der Waals surface area contributed by atoms with Crippen LogP contribution in [0.25, 0.3) is 11.1 Å². The molecule has 5 rings (SSSR count). The van der Waals surface area contributed by atoms with Crippen LogP contribution in [-0.4, -0.2) is 42.1 Å². The van der Waals surface area contributed by atoms with Crippen LogP contribution in [0.3, 0.4) is 0 Å². The smallest absolute Gasteiger partial charge is 0.261 e. The van der Waals surface area contributed by atoms with Crippen molar-refractivity contribution in [3.8, 4) is 16.9 Å². The van der Waals surface area contributed by atoms with Gasteiger partial charge in [0.15, 0.2) is 11.5 Å². The second-order valence-electron chi connectivity index (χ2n) is 9.76. The maximum Gasteiger partial charge on any atom is 0.261 e. The quantitative estimate of drug-likeness (QED) is 0.700. The minimum absolute atomic E-state index is 0.0392. The molecule has 0 radical (unpaired) electrons. The summed E-state index contributed by atoms with van der Waals surface area (Å²) in [6, 6.07) is 10.2. The van der Waals surface area contributed by atoms with Gasteiger partial charge in [0.2, 0.25) is 0 Å². The van der Waals surface area contributed by atoms with Crippen LogP contribution in [0.5, 0.6) is 5.75 Å². The van der Waals surface area contributed by atoms with Crippen molar-refractivity contribution in [1.82, 2.24) is 4.90 Å². The Bertz CT molecular complexity index is 1170. The molecule has 0 bridgehead atoms.